The normalized spacial score (nSPS) is 10.1. The van der Waals surface area contributed by atoms with Crippen molar-refractivity contribution in [3.8, 4) is 5.69 Å². The van der Waals surface area contributed by atoms with Crippen LogP contribution in [0.15, 0.2) is 36.7 Å². The van der Waals surface area contributed by atoms with Crippen LogP contribution in [0.4, 0.5) is 11.4 Å². The maximum atomic E-state index is 11.0. The van der Waals surface area contributed by atoms with Crippen molar-refractivity contribution in [2.75, 3.05) is 12.4 Å². The monoisotopic (exact) mass is 218 g/mol. The largest absolute Gasteiger partial charge is 0.382 e. The van der Waals surface area contributed by atoms with E-state index >= 15 is 0 Å². The third-order valence-electron chi connectivity index (χ3n) is 2.22. The fraction of sp³-hybridized carbons (Fsp3) is 0.100. The number of nitrogens with zero attached hydrogens (tertiary/aromatic N) is 3. The summed E-state index contributed by atoms with van der Waals surface area (Å²) in [5, 5.41) is 17.8. The quantitative estimate of drug-likeness (QED) is 0.630. The van der Waals surface area contributed by atoms with Gasteiger partial charge in [-0.25, -0.2) is 4.68 Å². The van der Waals surface area contributed by atoms with Gasteiger partial charge >= 0.3 is 5.69 Å². The van der Waals surface area contributed by atoms with Crippen molar-refractivity contribution in [3.05, 3.63) is 46.8 Å². The zero-order chi connectivity index (χ0) is 11.5. The van der Waals surface area contributed by atoms with Crippen LogP contribution in [0.3, 0.4) is 0 Å². The van der Waals surface area contributed by atoms with Crippen molar-refractivity contribution < 1.29 is 4.92 Å². The molecule has 0 fully saturated rings. The van der Waals surface area contributed by atoms with Gasteiger partial charge in [0.15, 0.2) is 0 Å². The molecule has 82 valence electrons. The fourth-order valence-corrected chi connectivity index (χ4v) is 1.52. The van der Waals surface area contributed by atoms with Crippen molar-refractivity contribution in [2.45, 2.75) is 0 Å². The summed E-state index contributed by atoms with van der Waals surface area (Å²) in [4.78, 5) is 10.6. The Morgan fingerprint density at radius 2 is 2.25 bits per heavy atom. The number of anilines is 1. The number of para-hydroxylation sites is 1. The van der Waals surface area contributed by atoms with Crippen molar-refractivity contribution in [3.63, 3.8) is 0 Å². The highest BCUT2D eigenvalue weighted by Gasteiger charge is 2.20. The summed E-state index contributed by atoms with van der Waals surface area (Å²) >= 11 is 0. The average molecular weight is 218 g/mol. The number of hydrogen-bond acceptors (Lipinski definition) is 4. The molecule has 6 nitrogen and oxygen atoms in total. The molecule has 0 radical (unpaired) electrons. The third-order valence-corrected chi connectivity index (χ3v) is 2.22. The van der Waals surface area contributed by atoms with Crippen molar-refractivity contribution in [1.82, 2.24) is 9.78 Å². The molecule has 0 aliphatic rings. The van der Waals surface area contributed by atoms with E-state index in [2.05, 4.69) is 10.4 Å². The highest BCUT2D eigenvalue weighted by atomic mass is 16.6. The molecule has 0 unspecified atom stereocenters. The zero-order valence-electron chi connectivity index (χ0n) is 8.62. The molecule has 0 aliphatic carbocycles. The summed E-state index contributed by atoms with van der Waals surface area (Å²) in [5.41, 5.74) is 0.938. The van der Waals surface area contributed by atoms with Gasteiger partial charge in [0.05, 0.1) is 4.92 Å². The van der Waals surface area contributed by atoms with Gasteiger partial charge in [-0.05, 0) is 18.2 Å². The van der Waals surface area contributed by atoms with Crippen LogP contribution in [0.25, 0.3) is 5.69 Å². The van der Waals surface area contributed by atoms with Gasteiger partial charge in [-0.2, -0.15) is 5.10 Å². The van der Waals surface area contributed by atoms with E-state index in [9.17, 15) is 10.1 Å². The molecule has 2 rings (SSSR count). The van der Waals surface area contributed by atoms with Crippen LogP contribution >= 0.6 is 0 Å². The number of nitrogens with one attached hydrogen (secondary N) is 1. The number of aromatic nitrogens is 2. The van der Waals surface area contributed by atoms with Crippen LogP contribution < -0.4 is 5.32 Å². The Morgan fingerprint density at radius 1 is 1.44 bits per heavy atom. The van der Waals surface area contributed by atoms with Gasteiger partial charge in [0, 0.05) is 19.4 Å². The molecular weight excluding hydrogens is 208 g/mol. The molecule has 0 amide bonds. The molecule has 2 aromatic rings. The molecule has 0 atom stereocenters. The summed E-state index contributed by atoms with van der Waals surface area (Å²) in [6, 6.07) is 6.78. The molecule has 16 heavy (non-hydrogen) atoms. The van der Waals surface area contributed by atoms with E-state index < -0.39 is 4.92 Å². The summed E-state index contributed by atoms with van der Waals surface area (Å²) in [6.07, 6.45) is 3.25. The first kappa shape index (κ1) is 10.2. The second-order valence-electron chi connectivity index (χ2n) is 3.13. The topological polar surface area (TPSA) is 73.0 Å². The number of benzene rings is 1. The summed E-state index contributed by atoms with van der Waals surface area (Å²) in [5.74, 6) is 0. The number of nitro benzene ring substituents is 1. The van der Waals surface area contributed by atoms with Crippen LogP contribution in [0.1, 0.15) is 0 Å². The maximum Gasteiger partial charge on any atom is 0.317 e. The van der Waals surface area contributed by atoms with Crippen LogP contribution in [0.5, 0.6) is 0 Å². The molecule has 0 bridgehead atoms. The lowest BCUT2D eigenvalue weighted by molar-refractivity contribution is -0.383. The molecule has 1 aromatic heterocycles. The first-order chi connectivity index (χ1) is 7.74. The van der Waals surface area contributed by atoms with E-state index in [1.165, 1.54) is 4.68 Å². The minimum Gasteiger partial charge on any atom is -0.382 e. The Balaban J connectivity index is 2.65. The lowest BCUT2D eigenvalue weighted by atomic mass is 10.2. The van der Waals surface area contributed by atoms with Gasteiger partial charge in [-0.15, -0.1) is 0 Å². The smallest absolute Gasteiger partial charge is 0.317 e. The number of nitro groups is 1. The summed E-state index contributed by atoms with van der Waals surface area (Å²) in [7, 11) is 1.65. The number of hydrogen-bond donors (Lipinski definition) is 1. The van der Waals surface area contributed by atoms with E-state index in [1.807, 2.05) is 0 Å². The van der Waals surface area contributed by atoms with Crippen LogP contribution in [-0.2, 0) is 0 Å². The fourth-order valence-electron chi connectivity index (χ4n) is 1.52. The predicted octanol–water partition coefficient (Wildman–Crippen LogP) is 1.82. The summed E-state index contributed by atoms with van der Waals surface area (Å²) < 4.78 is 1.47. The molecule has 0 spiro atoms. The van der Waals surface area contributed by atoms with Gasteiger partial charge < -0.3 is 5.32 Å². The van der Waals surface area contributed by atoms with Crippen molar-refractivity contribution >= 4 is 11.4 Å². The molecule has 1 aromatic carbocycles. The minimum atomic E-state index is -0.414. The second kappa shape index (κ2) is 4.01. The first-order valence-corrected chi connectivity index (χ1v) is 4.69. The third kappa shape index (κ3) is 1.60. The van der Waals surface area contributed by atoms with Crippen LogP contribution in [0.2, 0.25) is 0 Å². The lowest BCUT2D eigenvalue weighted by Crippen LogP contribution is -2.03. The number of rotatable bonds is 3. The molecule has 1 heterocycles. The average Bonchev–Trinajstić information content (AvgIpc) is 2.81. The Labute approximate surface area is 91.7 Å². The minimum absolute atomic E-state index is 0.0219. The molecule has 1 N–H and O–H groups in total. The molecular formula is C10H10N4O2. The van der Waals surface area contributed by atoms with E-state index in [4.69, 9.17) is 0 Å². The van der Waals surface area contributed by atoms with Gasteiger partial charge in [0.25, 0.3) is 0 Å². The van der Waals surface area contributed by atoms with E-state index in [-0.39, 0.29) is 5.69 Å². The van der Waals surface area contributed by atoms with Gasteiger partial charge in [0.2, 0.25) is 0 Å². The van der Waals surface area contributed by atoms with Gasteiger partial charge in [0.1, 0.15) is 11.4 Å². The Morgan fingerprint density at radius 3 is 2.81 bits per heavy atom. The SMILES string of the molecule is CNc1cccc(-n2cccn2)c1[N+](=O)[O-]. The standard InChI is InChI=1S/C10H10N4O2/c1-11-8-4-2-5-9(10(8)14(15)16)13-7-3-6-12-13/h2-7,11H,1H3. The van der Waals surface area contributed by atoms with E-state index in [0.29, 0.717) is 11.4 Å². The lowest BCUT2D eigenvalue weighted by Gasteiger charge is -2.06. The zero-order valence-corrected chi connectivity index (χ0v) is 8.62. The first-order valence-electron chi connectivity index (χ1n) is 4.69. The van der Waals surface area contributed by atoms with Gasteiger partial charge in [-0.1, -0.05) is 6.07 Å². The maximum absolute atomic E-state index is 11.0. The Kier molecular flexibility index (Phi) is 2.55. The van der Waals surface area contributed by atoms with Crippen molar-refractivity contribution in [2.24, 2.45) is 0 Å². The highest BCUT2D eigenvalue weighted by Crippen LogP contribution is 2.30. The van der Waals surface area contributed by atoms with Crippen molar-refractivity contribution in [1.29, 1.82) is 0 Å². The van der Waals surface area contributed by atoms with Gasteiger partial charge in [-0.3, -0.25) is 10.1 Å². The molecule has 0 saturated heterocycles. The van der Waals surface area contributed by atoms with E-state index in [0.717, 1.165) is 0 Å². The Bertz CT molecular complexity index is 508. The molecule has 0 saturated carbocycles. The Hall–Kier alpha value is -2.37. The van der Waals surface area contributed by atoms with Crippen LogP contribution in [-0.4, -0.2) is 21.8 Å². The highest BCUT2D eigenvalue weighted by molar-refractivity contribution is 5.70. The summed E-state index contributed by atoms with van der Waals surface area (Å²) in [6.45, 7) is 0. The molecule has 0 aliphatic heterocycles. The molecule has 6 heteroatoms. The predicted molar refractivity (Wildman–Crippen MR) is 59.8 cm³/mol. The second-order valence-corrected chi connectivity index (χ2v) is 3.13. The van der Waals surface area contributed by atoms with E-state index in [1.54, 1.807) is 43.7 Å². The van der Waals surface area contributed by atoms with Crippen LogP contribution in [0, 0.1) is 10.1 Å².